The molecule has 5 nitrogen and oxygen atoms in total. The van der Waals surface area contributed by atoms with Crippen LogP contribution >= 0.6 is 0 Å². The minimum Gasteiger partial charge on any atom is -0.362 e. The number of nitrogens with two attached hydrogens (primary N) is 1. The van der Waals surface area contributed by atoms with E-state index in [1.165, 1.54) is 24.6 Å². The predicted molar refractivity (Wildman–Crippen MR) is 84.9 cm³/mol. The maximum Gasteiger partial charge on any atom is 0.191 e. The van der Waals surface area contributed by atoms with Gasteiger partial charge in [0, 0.05) is 12.0 Å². The normalized spacial score (nSPS) is 17.6. The monoisotopic (exact) mass is 327 g/mol. The molecule has 0 amide bonds. The highest BCUT2D eigenvalue weighted by Gasteiger charge is 2.28. The Morgan fingerprint density at radius 3 is 2.50 bits per heavy atom. The van der Waals surface area contributed by atoms with Crippen molar-refractivity contribution in [1.82, 2.24) is 0 Å². The first kappa shape index (κ1) is 17.4. The van der Waals surface area contributed by atoms with Crippen LogP contribution in [0.2, 0.25) is 0 Å². The van der Waals surface area contributed by atoms with Crippen molar-refractivity contribution in [2.45, 2.75) is 49.2 Å². The highest BCUT2D eigenvalue weighted by Crippen LogP contribution is 2.29. The fourth-order valence-corrected chi connectivity index (χ4v) is 4.78. The molecule has 1 aliphatic carbocycles. The van der Waals surface area contributed by atoms with Crippen LogP contribution in [0.4, 0.5) is 0 Å². The van der Waals surface area contributed by atoms with E-state index in [4.69, 9.17) is 5.73 Å². The molecule has 0 bridgehead atoms. The van der Waals surface area contributed by atoms with Gasteiger partial charge in [0.15, 0.2) is 15.6 Å². The minimum absolute atomic E-state index is 0.0425. The molecule has 124 valence electrons. The molecule has 0 radical (unpaired) electrons. The molecule has 1 fully saturated rings. The van der Waals surface area contributed by atoms with E-state index in [-0.39, 0.29) is 35.1 Å². The molecule has 0 aromatic heterocycles. The van der Waals surface area contributed by atoms with Gasteiger partial charge in [0.2, 0.25) is 0 Å². The van der Waals surface area contributed by atoms with Crippen LogP contribution in [0.15, 0.2) is 29.2 Å². The van der Waals surface area contributed by atoms with Crippen molar-refractivity contribution in [3.8, 4) is 0 Å². The third-order valence-corrected chi connectivity index (χ3v) is 6.21. The molecule has 1 aromatic carbocycles. The van der Waals surface area contributed by atoms with Crippen LogP contribution in [-0.2, 0) is 15.6 Å². The Hall–Kier alpha value is -0.950. The second kappa shape index (κ2) is 7.08. The Labute approximate surface area is 132 Å². The van der Waals surface area contributed by atoms with E-state index in [2.05, 4.69) is 0 Å². The summed E-state index contributed by atoms with van der Waals surface area (Å²) in [5.41, 5.74) is 5.53. The van der Waals surface area contributed by atoms with Gasteiger partial charge >= 0.3 is 0 Å². The Balaban J connectivity index is 2.20. The summed E-state index contributed by atoms with van der Waals surface area (Å²) in [7, 11) is -3.41. The molecule has 1 aromatic rings. The van der Waals surface area contributed by atoms with Crippen LogP contribution in [0.1, 0.15) is 44.1 Å². The Morgan fingerprint density at radius 1 is 1.18 bits per heavy atom. The van der Waals surface area contributed by atoms with Gasteiger partial charge in [-0.3, -0.25) is 0 Å². The second-order valence-corrected chi connectivity index (χ2v) is 8.20. The average molecular weight is 327 g/mol. The zero-order valence-corrected chi connectivity index (χ0v) is 13.6. The average Bonchev–Trinajstić information content (AvgIpc) is 2.48. The molecule has 1 saturated carbocycles. The van der Waals surface area contributed by atoms with Gasteiger partial charge in [-0.2, -0.15) is 0 Å². The van der Waals surface area contributed by atoms with Crippen molar-refractivity contribution in [1.29, 1.82) is 0 Å². The van der Waals surface area contributed by atoms with Crippen molar-refractivity contribution >= 4 is 9.84 Å². The van der Waals surface area contributed by atoms with Gasteiger partial charge in [-0.1, -0.05) is 31.4 Å². The second-order valence-electron chi connectivity index (χ2n) is 6.17. The lowest BCUT2D eigenvalue weighted by atomic mass is 9.91. The zero-order valence-electron chi connectivity index (χ0n) is 12.7. The summed E-state index contributed by atoms with van der Waals surface area (Å²) < 4.78 is 25.1. The van der Waals surface area contributed by atoms with E-state index in [1.807, 2.05) is 0 Å². The van der Waals surface area contributed by atoms with Crippen LogP contribution in [0.25, 0.3) is 0 Å². The fraction of sp³-hybridized carbons (Fsp3) is 0.625. The smallest absolute Gasteiger partial charge is 0.191 e. The van der Waals surface area contributed by atoms with Crippen LogP contribution in [0.5, 0.6) is 0 Å². The number of sulfone groups is 1. The van der Waals surface area contributed by atoms with Gasteiger partial charge in [-0.05, 0) is 37.4 Å². The highest BCUT2D eigenvalue weighted by molar-refractivity contribution is 7.91. The molecule has 1 aliphatic rings. The summed E-state index contributed by atoms with van der Waals surface area (Å²) in [4.78, 5) is 0.153. The lowest BCUT2D eigenvalue weighted by Gasteiger charge is -2.23. The molecule has 0 saturated heterocycles. The Bertz CT molecular complexity index is 592. The third-order valence-electron chi connectivity index (χ3n) is 4.33. The van der Waals surface area contributed by atoms with E-state index in [9.17, 15) is 18.6 Å². The first-order valence-corrected chi connectivity index (χ1v) is 9.48. The van der Waals surface area contributed by atoms with Gasteiger partial charge in [0.25, 0.3) is 0 Å². The largest absolute Gasteiger partial charge is 0.362 e. The lowest BCUT2D eigenvalue weighted by molar-refractivity contribution is -0.172. The fourth-order valence-electron chi connectivity index (χ4n) is 3.04. The van der Waals surface area contributed by atoms with Gasteiger partial charge < -0.3 is 15.9 Å². The first-order valence-electron chi connectivity index (χ1n) is 7.83. The van der Waals surface area contributed by atoms with Crippen molar-refractivity contribution in [3.05, 3.63) is 29.8 Å². The molecule has 0 atom stereocenters. The first-order chi connectivity index (χ1) is 10.3. The summed E-state index contributed by atoms with van der Waals surface area (Å²) >= 11 is 0. The number of benzene rings is 1. The zero-order chi connectivity index (χ0) is 16.2. The summed E-state index contributed by atoms with van der Waals surface area (Å²) in [5.74, 6) is -1.75. The van der Waals surface area contributed by atoms with Crippen LogP contribution in [0, 0.1) is 5.92 Å². The molecule has 22 heavy (non-hydrogen) atoms. The van der Waals surface area contributed by atoms with Crippen LogP contribution < -0.4 is 5.73 Å². The van der Waals surface area contributed by atoms with Crippen molar-refractivity contribution in [2.24, 2.45) is 11.7 Å². The summed E-state index contributed by atoms with van der Waals surface area (Å²) in [6, 6.07) is 5.92. The molecule has 0 aliphatic heterocycles. The quantitative estimate of drug-likeness (QED) is 0.688. The van der Waals surface area contributed by atoms with Crippen LogP contribution in [-0.4, -0.2) is 30.9 Å². The highest BCUT2D eigenvalue weighted by atomic mass is 32.2. The molecular formula is C16H25NO4S. The van der Waals surface area contributed by atoms with E-state index in [1.54, 1.807) is 6.07 Å². The van der Waals surface area contributed by atoms with E-state index in [0.717, 1.165) is 25.7 Å². The van der Waals surface area contributed by atoms with Gasteiger partial charge in [-0.25, -0.2) is 8.42 Å². The molecule has 0 heterocycles. The van der Waals surface area contributed by atoms with E-state index in [0.29, 0.717) is 0 Å². The van der Waals surface area contributed by atoms with Gasteiger partial charge in [0.1, 0.15) is 0 Å². The predicted octanol–water partition coefficient (Wildman–Crippen LogP) is 1.53. The minimum atomic E-state index is -3.41. The molecule has 0 unspecified atom stereocenters. The summed E-state index contributed by atoms with van der Waals surface area (Å²) in [6.45, 7) is 0.103. The number of aliphatic hydroxyl groups is 2. The van der Waals surface area contributed by atoms with E-state index < -0.39 is 15.6 Å². The molecule has 4 N–H and O–H groups in total. The molecular weight excluding hydrogens is 302 g/mol. The lowest BCUT2D eigenvalue weighted by Crippen LogP contribution is -2.28. The Kier molecular flexibility index (Phi) is 5.60. The third kappa shape index (κ3) is 4.29. The van der Waals surface area contributed by atoms with Crippen molar-refractivity contribution in [2.75, 3.05) is 12.3 Å². The molecule has 0 spiro atoms. The van der Waals surface area contributed by atoms with E-state index >= 15 is 0 Å². The number of hydrogen-bond donors (Lipinski definition) is 3. The molecule has 6 heteroatoms. The maximum absolute atomic E-state index is 12.5. The standard InChI is InChI=1S/C16H25NO4S/c17-10-9-16(18,19)14-7-4-8-15(11-14)22(20,21)12-13-5-2-1-3-6-13/h4,7-8,11,13,18-19H,1-3,5-6,9-10,12,17H2. The maximum atomic E-state index is 12.5. The Morgan fingerprint density at radius 2 is 1.86 bits per heavy atom. The summed E-state index contributed by atoms with van der Waals surface area (Å²) in [6.07, 6.45) is 5.23. The van der Waals surface area contributed by atoms with Gasteiger partial charge in [-0.15, -0.1) is 0 Å². The van der Waals surface area contributed by atoms with Gasteiger partial charge in [0.05, 0.1) is 10.6 Å². The van der Waals surface area contributed by atoms with Crippen LogP contribution in [0.3, 0.4) is 0 Å². The summed E-state index contributed by atoms with van der Waals surface area (Å²) in [5, 5.41) is 20.0. The van der Waals surface area contributed by atoms with Crippen molar-refractivity contribution in [3.63, 3.8) is 0 Å². The number of hydrogen-bond acceptors (Lipinski definition) is 5. The topological polar surface area (TPSA) is 101 Å². The van der Waals surface area contributed by atoms with Crippen molar-refractivity contribution < 1.29 is 18.6 Å². The number of rotatable bonds is 6. The SMILES string of the molecule is NCCC(O)(O)c1cccc(S(=O)(=O)CC2CCCCC2)c1. The molecule has 2 rings (SSSR count).